The number of hydrogen-bond donors (Lipinski definition) is 3. The first kappa shape index (κ1) is 12.3. The maximum atomic E-state index is 5.97. The van der Waals surface area contributed by atoms with Gasteiger partial charge in [0.25, 0.3) is 0 Å². The van der Waals surface area contributed by atoms with Crippen LogP contribution in [0.5, 0.6) is 0 Å². The molecule has 3 heteroatoms. The molecule has 1 aliphatic heterocycles. The first-order valence-electron chi connectivity index (χ1n) is 5.81. The summed E-state index contributed by atoms with van der Waals surface area (Å²) < 4.78 is 0. The maximum absolute atomic E-state index is 5.97. The summed E-state index contributed by atoms with van der Waals surface area (Å²) in [5.41, 5.74) is 13.8. The molecule has 0 saturated carbocycles. The van der Waals surface area contributed by atoms with Gasteiger partial charge in [0, 0.05) is 18.3 Å². The summed E-state index contributed by atoms with van der Waals surface area (Å²) in [7, 11) is 0. The zero-order valence-electron chi connectivity index (χ0n) is 9.63. The molecule has 1 aliphatic rings. The molecule has 0 aliphatic carbocycles. The van der Waals surface area contributed by atoms with Gasteiger partial charge in [0.05, 0.1) is 0 Å². The molecule has 0 radical (unpaired) electrons. The van der Waals surface area contributed by atoms with Gasteiger partial charge in [-0.2, -0.15) is 0 Å². The van der Waals surface area contributed by atoms with Crippen molar-refractivity contribution in [2.24, 2.45) is 11.5 Å². The molecule has 0 bridgehead atoms. The van der Waals surface area contributed by atoms with Crippen molar-refractivity contribution in [2.45, 2.75) is 38.6 Å². The Morgan fingerprint density at radius 2 is 2.13 bits per heavy atom. The summed E-state index contributed by atoms with van der Waals surface area (Å²) in [5.74, 6) is 0. The molecular formula is C12H23N3. The van der Waals surface area contributed by atoms with Crippen LogP contribution in [0.2, 0.25) is 0 Å². The van der Waals surface area contributed by atoms with Crippen LogP contribution >= 0.6 is 0 Å². The Morgan fingerprint density at radius 1 is 1.33 bits per heavy atom. The summed E-state index contributed by atoms with van der Waals surface area (Å²) in [6, 6.07) is 0.112. The molecule has 1 heterocycles. The number of nitrogens with one attached hydrogen (secondary N) is 1. The summed E-state index contributed by atoms with van der Waals surface area (Å²) in [6.45, 7) is 4.02. The van der Waals surface area contributed by atoms with Crippen molar-refractivity contribution in [1.82, 2.24) is 5.32 Å². The fraction of sp³-hybridized carbons (Fsp3) is 0.667. The smallest absolute Gasteiger partial charge is 0.0316 e. The average molecular weight is 209 g/mol. The second-order valence-corrected chi connectivity index (χ2v) is 4.23. The molecular weight excluding hydrogens is 186 g/mol. The van der Waals surface area contributed by atoms with E-state index in [1.165, 1.54) is 19.3 Å². The summed E-state index contributed by atoms with van der Waals surface area (Å²) in [5, 5.41) is 3.37. The van der Waals surface area contributed by atoms with Gasteiger partial charge in [-0.1, -0.05) is 18.9 Å². The number of nitrogens with two attached hydrogens (primary N) is 2. The highest BCUT2D eigenvalue weighted by Gasteiger charge is 2.02. The first-order valence-corrected chi connectivity index (χ1v) is 5.81. The van der Waals surface area contributed by atoms with Gasteiger partial charge < -0.3 is 16.8 Å². The molecule has 0 spiro atoms. The minimum absolute atomic E-state index is 0.112. The van der Waals surface area contributed by atoms with Crippen LogP contribution in [0.3, 0.4) is 0 Å². The third-order valence-corrected chi connectivity index (χ3v) is 2.79. The predicted molar refractivity (Wildman–Crippen MR) is 65.3 cm³/mol. The lowest BCUT2D eigenvalue weighted by Crippen LogP contribution is -2.21. The highest BCUT2D eigenvalue weighted by atomic mass is 14.8. The van der Waals surface area contributed by atoms with E-state index in [0.29, 0.717) is 0 Å². The summed E-state index contributed by atoms with van der Waals surface area (Å²) >= 11 is 0. The van der Waals surface area contributed by atoms with Crippen LogP contribution in [0.1, 0.15) is 32.6 Å². The van der Waals surface area contributed by atoms with E-state index in [4.69, 9.17) is 11.5 Å². The van der Waals surface area contributed by atoms with Crippen LogP contribution in [0, 0.1) is 0 Å². The van der Waals surface area contributed by atoms with E-state index in [-0.39, 0.29) is 6.04 Å². The number of rotatable bonds is 0. The summed E-state index contributed by atoms with van der Waals surface area (Å²) in [6.07, 6.45) is 8.81. The van der Waals surface area contributed by atoms with Crippen LogP contribution in [0.25, 0.3) is 0 Å². The van der Waals surface area contributed by atoms with Crippen LogP contribution in [-0.4, -0.2) is 19.1 Å². The van der Waals surface area contributed by atoms with Gasteiger partial charge in [0.1, 0.15) is 0 Å². The molecule has 5 N–H and O–H groups in total. The first-order chi connectivity index (χ1) is 7.20. The molecule has 1 rings (SSSR count). The SMILES string of the molecule is CC1=C/CNCCCCCC(N)/C=C\1N. The zero-order valence-corrected chi connectivity index (χ0v) is 9.63. The van der Waals surface area contributed by atoms with Crippen LogP contribution in [-0.2, 0) is 0 Å². The molecule has 1 unspecified atom stereocenters. The van der Waals surface area contributed by atoms with E-state index < -0.39 is 0 Å². The Labute approximate surface area is 92.6 Å². The van der Waals surface area contributed by atoms with Crippen LogP contribution < -0.4 is 16.8 Å². The van der Waals surface area contributed by atoms with Gasteiger partial charge in [0.2, 0.25) is 0 Å². The minimum Gasteiger partial charge on any atom is -0.399 e. The molecule has 0 aromatic carbocycles. The maximum Gasteiger partial charge on any atom is 0.0316 e. The lowest BCUT2D eigenvalue weighted by Gasteiger charge is -2.11. The Balaban J connectivity index is 2.62. The molecule has 0 amide bonds. The predicted octanol–water partition coefficient (Wildman–Crippen LogP) is 1.27. The highest BCUT2D eigenvalue weighted by molar-refractivity contribution is 5.27. The molecule has 0 saturated heterocycles. The Morgan fingerprint density at radius 3 is 2.93 bits per heavy atom. The van der Waals surface area contributed by atoms with E-state index in [1.807, 2.05) is 13.0 Å². The standard InChI is InChI=1S/C12H23N3/c1-10-6-8-15-7-4-2-3-5-11(13)9-12(10)14/h6,9,11,15H,2-5,7-8,13-14H2,1H3/b10-6-,12-9+. The number of allylic oxidation sites excluding steroid dienone is 1. The molecule has 0 fully saturated rings. The third kappa shape index (κ3) is 5.00. The Kier molecular flexibility index (Phi) is 5.43. The van der Waals surface area contributed by atoms with Crippen LogP contribution in [0.4, 0.5) is 0 Å². The minimum atomic E-state index is 0.112. The van der Waals surface area contributed by atoms with Gasteiger partial charge in [-0.05, 0) is 38.0 Å². The van der Waals surface area contributed by atoms with Crippen molar-refractivity contribution in [2.75, 3.05) is 13.1 Å². The summed E-state index contributed by atoms with van der Waals surface area (Å²) in [4.78, 5) is 0. The second-order valence-electron chi connectivity index (χ2n) is 4.23. The van der Waals surface area contributed by atoms with E-state index in [1.54, 1.807) is 0 Å². The van der Waals surface area contributed by atoms with E-state index in [9.17, 15) is 0 Å². The molecule has 0 aromatic heterocycles. The molecule has 1 atom stereocenters. The monoisotopic (exact) mass is 209 g/mol. The van der Waals surface area contributed by atoms with Crippen molar-refractivity contribution < 1.29 is 0 Å². The quantitative estimate of drug-likeness (QED) is 0.563. The molecule has 0 aromatic rings. The fourth-order valence-electron chi connectivity index (χ4n) is 1.70. The van der Waals surface area contributed by atoms with Gasteiger partial charge in [-0.15, -0.1) is 0 Å². The lowest BCUT2D eigenvalue weighted by atomic mass is 10.1. The third-order valence-electron chi connectivity index (χ3n) is 2.79. The fourth-order valence-corrected chi connectivity index (χ4v) is 1.70. The van der Waals surface area contributed by atoms with Crippen molar-refractivity contribution in [3.8, 4) is 0 Å². The van der Waals surface area contributed by atoms with E-state index >= 15 is 0 Å². The molecule has 3 nitrogen and oxygen atoms in total. The average Bonchev–Trinajstić information content (AvgIpc) is 2.19. The number of hydrogen-bond acceptors (Lipinski definition) is 3. The van der Waals surface area contributed by atoms with E-state index in [2.05, 4.69) is 11.4 Å². The molecule has 86 valence electrons. The lowest BCUT2D eigenvalue weighted by molar-refractivity contribution is 0.580. The van der Waals surface area contributed by atoms with Gasteiger partial charge >= 0.3 is 0 Å². The van der Waals surface area contributed by atoms with Crippen molar-refractivity contribution in [1.29, 1.82) is 0 Å². The van der Waals surface area contributed by atoms with Gasteiger partial charge in [-0.3, -0.25) is 0 Å². The highest BCUT2D eigenvalue weighted by Crippen LogP contribution is 2.08. The van der Waals surface area contributed by atoms with Crippen molar-refractivity contribution in [3.05, 3.63) is 23.4 Å². The van der Waals surface area contributed by atoms with Crippen LogP contribution in [0.15, 0.2) is 23.4 Å². The zero-order chi connectivity index (χ0) is 11.1. The normalized spacial score (nSPS) is 32.8. The van der Waals surface area contributed by atoms with Gasteiger partial charge in [-0.25, -0.2) is 0 Å². The van der Waals surface area contributed by atoms with Gasteiger partial charge in [0.15, 0.2) is 0 Å². The topological polar surface area (TPSA) is 64.1 Å². The Hall–Kier alpha value is -0.800. The van der Waals surface area contributed by atoms with Crippen molar-refractivity contribution in [3.63, 3.8) is 0 Å². The van der Waals surface area contributed by atoms with E-state index in [0.717, 1.165) is 30.8 Å². The largest absolute Gasteiger partial charge is 0.399 e. The van der Waals surface area contributed by atoms with Crippen molar-refractivity contribution >= 4 is 0 Å². The Bertz CT molecular complexity index is 243. The second kappa shape index (κ2) is 6.64. The molecule has 15 heavy (non-hydrogen) atoms.